The van der Waals surface area contributed by atoms with Crippen LogP contribution in [0.15, 0.2) is 24.3 Å². The lowest BCUT2D eigenvalue weighted by atomic mass is 9.97. The lowest BCUT2D eigenvalue weighted by Gasteiger charge is -2.29. The molecule has 0 aliphatic carbocycles. The first-order valence-corrected chi connectivity index (χ1v) is 6.20. The Bertz CT molecular complexity index is 383. The number of rotatable bonds is 3. The summed E-state index contributed by atoms with van der Waals surface area (Å²) in [6, 6.07) is 9.81. The number of hydrogen-bond acceptors (Lipinski definition) is 3. The third-order valence-corrected chi connectivity index (χ3v) is 3.45. The summed E-state index contributed by atoms with van der Waals surface area (Å²) in [7, 11) is 2.18. The summed E-state index contributed by atoms with van der Waals surface area (Å²) in [4.78, 5) is 2.39. The predicted octanol–water partition coefficient (Wildman–Crippen LogP) is 2.31. The molecule has 1 aromatic rings. The molecule has 1 heterocycles. The van der Waals surface area contributed by atoms with E-state index < -0.39 is 0 Å². The van der Waals surface area contributed by atoms with Gasteiger partial charge in [-0.1, -0.05) is 0 Å². The van der Waals surface area contributed by atoms with Gasteiger partial charge in [0.05, 0.1) is 11.6 Å². The van der Waals surface area contributed by atoms with E-state index in [9.17, 15) is 0 Å². The minimum absolute atomic E-state index is 0.717. The fraction of sp³-hybridized carbons (Fsp3) is 0.500. The molecule has 0 amide bonds. The Labute approximate surface area is 103 Å². The second kappa shape index (κ2) is 5.70. The highest BCUT2D eigenvalue weighted by Crippen LogP contribution is 2.17. The zero-order valence-electron chi connectivity index (χ0n) is 10.3. The Morgan fingerprint density at radius 1 is 1.29 bits per heavy atom. The molecule has 17 heavy (non-hydrogen) atoms. The maximum Gasteiger partial charge on any atom is 0.0991 e. The van der Waals surface area contributed by atoms with E-state index in [0.29, 0.717) is 0 Å². The topological polar surface area (TPSA) is 39.1 Å². The molecule has 0 spiro atoms. The SMILES string of the molecule is CN1CCC(CNc2ccc(C#N)cc2)CC1. The minimum Gasteiger partial charge on any atom is -0.385 e. The first-order chi connectivity index (χ1) is 8.28. The minimum atomic E-state index is 0.717. The lowest BCUT2D eigenvalue weighted by molar-refractivity contribution is 0.226. The molecule has 0 radical (unpaired) electrons. The van der Waals surface area contributed by atoms with E-state index in [4.69, 9.17) is 5.26 Å². The average Bonchev–Trinajstić information content (AvgIpc) is 2.39. The van der Waals surface area contributed by atoms with Gasteiger partial charge in [0.1, 0.15) is 0 Å². The molecule has 3 heteroatoms. The number of anilines is 1. The van der Waals surface area contributed by atoms with Crippen LogP contribution in [-0.2, 0) is 0 Å². The standard InChI is InChI=1S/C14H19N3/c1-17-8-6-13(7-9-17)11-16-14-4-2-12(10-15)3-5-14/h2-5,13,16H,6-9,11H2,1H3. The van der Waals surface area contributed by atoms with Crippen molar-refractivity contribution < 1.29 is 0 Å². The van der Waals surface area contributed by atoms with Crippen LogP contribution in [0.1, 0.15) is 18.4 Å². The molecule has 0 saturated carbocycles. The Kier molecular flexibility index (Phi) is 4.00. The van der Waals surface area contributed by atoms with Gasteiger partial charge in [-0.25, -0.2) is 0 Å². The third-order valence-electron chi connectivity index (χ3n) is 3.45. The number of nitrogens with one attached hydrogen (secondary N) is 1. The van der Waals surface area contributed by atoms with E-state index in [1.54, 1.807) is 0 Å². The van der Waals surface area contributed by atoms with Crippen LogP contribution in [0.3, 0.4) is 0 Å². The van der Waals surface area contributed by atoms with Crippen LogP contribution in [0.2, 0.25) is 0 Å². The van der Waals surface area contributed by atoms with Gasteiger partial charge in [-0.15, -0.1) is 0 Å². The largest absolute Gasteiger partial charge is 0.385 e. The summed E-state index contributed by atoms with van der Waals surface area (Å²) < 4.78 is 0. The van der Waals surface area contributed by atoms with Crippen molar-refractivity contribution in [2.75, 3.05) is 32.0 Å². The summed E-state index contributed by atoms with van der Waals surface area (Å²) in [6.45, 7) is 3.46. The average molecular weight is 229 g/mol. The zero-order chi connectivity index (χ0) is 12.1. The third kappa shape index (κ3) is 3.47. The maximum atomic E-state index is 8.71. The maximum absolute atomic E-state index is 8.71. The highest BCUT2D eigenvalue weighted by molar-refractivity contribution is 5.47. The van der Waals surface area contributed by atoms with Crippen molar-refractivity contribution in [3.8, 4) is 6.07 Å². The summed E-state index contributed by atoms with van der Waals surface area (Å²) in [5.74, 6) is 0.779. The van der Waals surface area contributed by atoms with Gasteiger partial charge in [0.15, 0.2) is 0 Å². The lowest BCUT2D eigenvalue weighted by Crippen LogP contribution is -2.32. The number of likely N-dealkylation sites (tertiary alicyclic amines) is 1. The van der Waals surface area contributed by atoms with Crippen molar-refractivity contribution in [3.05, 3.63) is 29.8 Å². The molecule has 1 fully saturated rings. The summed E-state index contributed by atoms with van der Waals surface area (Å²) in [5.41, 5.74) is 1.83. The van der Waals surface area contributed by atoms with Crippen molar-refractivity contribution in [2.24, 2.45) is 5.92 Å². The van der Waals surface area contributed by atoms with E-state index in [0.717, 1.165) is 23.7 Å². The van der Waals surface area contributed by atoms with E-state index >= 15 is 0 Å². The fourth-order valence-corrected chi connectivity index (χ4v) is 2.19. The predicted molar refractivity (Wildman–Crippen MR) is 69.9 cm³/mol. The van der Waals surface area contributed by atoms with Crippen molar-refractivity contribution in [3.63, 3.8) is 0 Å². The Hall–Kier alpha value is -1.53. The molecule has 2 rings (SSSR count). The number of piperidine rings is 1. The second-order valence-electron chi connectivity index (χ2n) is 4.82. The first kappa shape index (κ1) is 11.9. The van der Waals surface area contributed by atoms with Crippen LogP contribution in [-0.4, -0.2) is 31.6 Å². The highest BCUT2D eigenvalue weighted by Gasteiger charge is 2.15. The normalized spacial score (nSPS) is 17.6. The Morgan fingerprint density at radius 2 is 1.94 bits per heavy atom. The Morgan fingerprint density at radius 3 is 2.53 bits per heavy atom. The number of hydrogen-bond donors (Lipinski definition) is 1. The summed E-state index contributed by atoms with van der Waals surface area (Å²) >= 11 is 0. The monoisotopic (exact) mass is 229 g/mol. The van der Waals surface area contributed by atoms with Crippen molar-refractivity contribution in [1.29, 1.82) is 5.26 Å². The molecule has 0 bridgehead atoms. The smallest absolute Gasteiger partial charge is 0.0991 e. The van der Waals surface area contributed by atoms with Crippen LogP contribution in [0.4, 0.5) is 5.69 Å². The zero-order valence-corrected chi connectivity index (χ0v) is 10.3. The first-order valence-electron chi connectivity index (χ1n) is 6.20. The van der Waals surface area contributed by atoms with Crippen molar-refractivity contribution in [1.82, 2.24) is 4.90 Å². The molecule has 90 valence electrons. The van der Waals surface area contributed by atoms with Crippen molar-refractivity contribution in [2.45, 2.75) is 12.8 Å². The van der Waals surface area contributed by atoms with Crippen LogP contribution < -0.4 is 5.32 Å². The van der Waals surface area contributed by atoms with Crippen LogP contribution in [0, 0.1) is 17.2 Å². The second-order valence-corrected chi connectivity index (χ2v) is 4.82. The fourth-order valence-electron chi connectivity index (χ4n) is 2.19. The highest BCUT2D eigenvalue weighted by atomic mass is 15.1. The molecule has 0 unspecified atom stereocenters. The molecule has 3 nitrogen and oxygen atoms in total. The molecule has 1 aromatic carbocycles. The van der Waals surface area contributed by atoms with E-state index in [-0.39, 0.29) is 0 Å². The molecule has 1 aliphatic heterocycles. The molecule has 1 N–H and O–H groups in total. The molecular formula is C14H19N3. The van der Waals surface area contributed by atoms with Gasteiger partial charge in [0.25, 0.3) is 0 Å². The van der Waals surface area contributed by atoms with E-state index in [1.807, 2.05) is 24.3 Å². The Balaban J connectivity index is 1.79. The van der Waals surface area contributed by atoms with Crippen molar-refractivity contribution >= 4 is 5.69 Å². The quantitative estimate of drug-likeness (QED) is 0.864. The van der Waals surface area contributed by atoms with E-state index in [2.05, 4.69) is 23.3 Å². The van der Waals surface area contributed by atoms with E-state index in [1.165, 1.54) is 25.9 Å². The molecule has 0 aromatic heterocycles. The van der Waals surface area contributed by atoms with Crippen LogP contribution >= 0.6 is 0 Å². The molecule has 0 atom stereocenters. The molecule has 1 saturated heterocycles. The number of benzene rings is 1. The van der Waals surface area contributed by atoms with Gasteiger partial charge in [-0.05, 0) is 63.2 Å². The molecule has 1 aliphatic rings. The summed E-state index contributed by atoms with van der Waals surface area (Å²) in [5, 5.41) is 12.2. The van der Waals surface area contributed by atoms with Gasteiger partial charge >= 0.3 is 0 Å². The van der Waals surface area contributed by atoms with Crippen LogP contribution in [0.25, 0.3) is 0 Å². The summed E-state index contributed by atoms with van der Waals surface area (Å²) in [6.07, 6.45) is 2.56. The molecular weight excluding hydrogens is 210 g/mol. The van der Waals surface area contributed by atoms with Gasteiger partial charge in [0.2, 0.25) is 0 Å². The van der Waals surface area contributed by atoms with Gasteiger partial charge in [-0.3, -0.25) is 0 Å². The van der Waals surface area contributed by atoms with Gasteiger partial charge in [0, 0.05) is 12.2 Å². The van der Waals surface area contributed by atoms with Gasteiger partial charge in [-0.2, -0.15) is 5.26 Å². The van der Waals surface area contributed by atoms with Crippen LogP contribution in [0.5, 0.6) is 0 Å². The number of nitriles is 1. The number of nitrogens with zero attached hydrogens (tertiary/aromatic N) is 2. The van der Waals surface area contributed by atoms with Gasteiger partial charge < -0.3 is 10.2 Å².